The predicted molar refractivity (Wildman–Crippen MR) is 156 cm³/mol. The number of nitrogens with zero attached hydrogens (tertiary/aromatic N) is 3. The highest BCUT2D eigenvalue weighted by Gasteiger charge is 2.56. The molecule has 0 spiro atoms. The lowest BCUT2D eigenvalue weighted by molar-refractivity contribution is -0.132. The first-order chi connectivity index (χ1) is 19.8. The molecule has 6 heterocycles. The van der Waals surface area contributed by atoms with Gasteiger partial charge >= 0.3 is 6.03 Å². The van der Waals surface area contributed by atoms with Crippen LogP contribution in [0.15, 0.2) is 12.7 Å². The fourth-order valence-electron chi connectivity index (χ4n) is 7.97. The molecule has 0 aliphatic carbocycles. The molecule has 13 heteroatoms. The Kier molecular flexibility index (Phi) is 8.84. The molecule has 0 aromatic carbocycles. The standard InChI is InChI=1S/C28H47FN8O3S/c1-5-21(38)35-10-11-36(16(4)14-35)25-17-13-18(29)23-27-31-20(34-40-27)7-6-12-41-19-8-9-30-22(15(2)3)24(19)37(26(17)32-23)28(39)33-25/h5,15-20,22-27,30-32,34H,1,6-14H2,2-4H3,(H,33,39)/t16-,17?,18?,19?,20?,22?,23?,24?,25?,26?,27?/m0/s1. The number of thioether (sulfide) groups is 1. The normalized spacial score (nSPS) is 43.8. The van der Waals surface area contributed by atoms with Crippen LogP contribution in [0.5, 0.6) is 0 Å². The van der Waals surface area contributed by atoms with Crippen molar-refractivity contribution in [2.45, 2.75) is 107 Å². The second-order valence-corrected chi connectivity index (χ2v) is 14.2. The number of halogens is 1. The van der Waals surface area contributed by atoms with E-state index < -0.39 is 18.4 Å². The molecule has 0 saturated carbocycles. The lowest BCUT2D eigenvalue weighted by Crippen LogP contribution is -2.80. The molecule has 41 heavy (non-hydrogen) atoms. The van der Waals surface area contributed by atoms with Gasteiger partial charge < -0.3 is 20.4 Å². The number of nitrogens with one attached hydrogen (secondary N) is 5. The maximum Gasteiger partial charge on any atom is 0.320 e. The number of piperazine rings is 1. The first kappa shape index (κ1) is 29.6. The molecule has 230 valence electrons. The van der Waals surface area contributed by atoms with Gasteiger partial charge in [0.1, 0.15) is 12.4 Å². The molecule has 11 nitrogen and oxygen atoms in total. The van der Waals surface area contributed by atoms with Gasteiger partial charge in [-0.3, -0.25) is 25.2 Å². The summed E-state index contributed by atoms with van der Waals surface area (Å²) >= 11 is 1.97. The number of hydroxylamine groups is 1. The summed E-state index contributed by atoms with van der Waals surface area (Å²) in [7, 11) is 0. The highest BCUT2D eigenvalue weighted by molar-refractivity contribution is 7.99. The number of urea groups is 1. The molecule has 0 radical (unpaired) electrons. The van der Waals surface area contributed by atoms with Gasteiger partial charge in [-0.2, -0.15) is 17.2 Å². The van der Waals surface area contributed by atoms with Gasteiger partial charge in [-0.25, -0.2) is 9.18 Å². The van der Waals surface area contributed by atoms with Gasteiger partial charge in [0.25, 0.3) is 0 Å². The van der Waals surface area contributed by atoms with Gasteiger partial charge in [0, 0.05) is 42.9 Å². The average molecular weight is 595 g/mol. The van der Waals surface area contributed by atoms with E-state index in [9.17, 15) is 9.59 Å². The van der Waals surface area contributed by atoms with E-state index in [0.29, 0.717) is 32.0 Å². The number of hydrogen-bond donors (Lipinski definition) is 5. The highest BCUT2D eigenvalue weighted by atomic mass is 32.2. The number of amides is 3. The number of carbonyl (C=O) groups is 2. The Balaban J connectivity index is 1.35. The van der Waals surface area contributed by atoms with E-state index in [-0.39, 0.29) is 59.7 Å². The molecule has 0 aromatic heterocycles. The first-order valence-electron chi connectivity index (χ1n) is 15.4. The van der Waals surface area contributed by atoms with Crippen molar-refractivity contribution in [3.63, 3.8) is 0 Å². The number of fused-ring (bicyclic) bond motifs is 6. The van der Waals surface area contributed by atoms with Crippen molar-refractivity contribution in [2.75, 3.05) is 31.9 Å². The molecular weight excluding hydrogens is 547 g/mol. The Morgan fingerprint density at radius 1 is 1.22 bits per heavy atom. The van der Waals surface area contributed by atoms with Crippen LogP contribution in [0.2, 0.25) is 0 Å². The van der Waals surface area contributed by atoms with E-state index in [0.717, 1.165) is 31.6 Å². The highest BCUT2D eigenvalue weighted by Crippen LogP contribution is 2.40. The molecule has 10 unspecified atom stereocenters. The maximum atomic E-state index is 16.2. The molecule has 11 atom stereocenters. The van der Waals surface area contributed by atoms with E-state index in [4.69, 9.17) is 4.84 Å². The van der Waals surface area contributed by atoms with Crippen LogP contribution in [0, 0.1) is 11.8 Å². The number of rotatable bonds is 3. The van der Waals surface area contributed by atoms with Gasteiger partial charge in [-0.15, -0.1) is 0 Å². The molecule has 5 N–H and O–H groups in total. The Bertz CT molecular complexity index is 994. The quantitative estimate of drug-likeness (QED) is 0.302. The second kappa shape index (κ2) is 12.3. The Morgan fingerprint density at radius 2 is 2.05 bits per heavy atom. The average Bonchev–Trinajstić information content (AvgIpc) is 3.43. The summed E-state index contributed by atoms with van der Waals surface area (Å²) in [4.78, 5) is 38.6. The van der Waals surface area contributed by atoms with E-state index in [2.05, 4.69) is 59.0 Å². The summed E-state index contributed by atoms with van der Waals surface area (Å²) < 4.78 is 16.2. The van der Waals surface area contributed by atoms with Crippen LogP contribution in [-0.2, 0) is 9.63 Å². The Morgan fingerprint density at radius 3 is 2.80 bits per heavy atom. The summed E-state index contributed by atoms with van der Waals surface area (Å²) in [6, 6.07) is -0.590. The third-order valence-electron chi connectivity index (χ3n) is 9.98. The van der Waals surface area contributed by atoms with E-state index in [1.54, 1.807) is 4.90 Å². The fourth-order valence-corrected chi connectivity index (χ4v) is 9.38. The van der Waals surface area contributed by atoms with E-state index in [1.165, 1.54) is 6.08 Å². The molecule has 4 bridgehead atoms. The summed E-state index contributed by atoms with van der Waals surface area (Å²) in [6.07, 6.45) is 2.14. The molecule has 6 aliphatic heterocycles. The van der Waals surface area contributed by atoms with Gasteiger partial charge in [-0.05, 0) is 56.9 Å². The Hall–Kier alpha value is -1.48. The third kappa shape index (κ3) is 5.63. The van der Waals surface area contributed by atoms with Crippen molar-refractivity contribution in [3.05, 3.63) is 12.7 Å². The topological polar surface area (TPSA) is 113 Å². The first-order valence-corrected chi connectivity index (χ1v) is 16.5. The van der Waals surface area contributed by atoms with Crippen molar-refractivity contribution in [1.29, 1.82) is 0 Å². The predicted octanol–water partition coefficient (Wildman–Crippen LogP) is 0.757. The zero-order chi connectivity index (χ0) is 28.8. The molecule has 3 amide bonds. The molecule has 6 rings (SSSR count). The summed E-state index contributed by atoms with van der Waals surface area (Å²) in [5.41, 5.74) is 3.08. The minimum atomic E-state index is -1.16. The van der Waals surface area contributed by atoms with Crippen LogP contribution in [0.1, 0.15) is 46.5 Å². The summed E-state index contributed by atoms with van der Waals surface area (Å²) in [6.45, 7) is 12.8. The van der Waals surface area contributed by atoms with Crippen molar-refractivity contribution >= 4 is 23.7 Å². The van der Waals surface area contributed by atoms with Crippen LogP contribution in [0.4, 0.5) is 9.18 Å². The molecule has 6 aliphatic rings. The molecule has 6 saturated heterocycles. The minimum Gasteiger partial charge on any atom is -0.336 e. The van der Waals surface area contributed by atoms with Crippen LogP contribution < -0.4 is 26.7 Å². The van der Waals surface area contributed by atoms with Crippen molar-refractivity contribution in [2.24, 2.45) is 11.8 Å². The zero-order valence-corrected chi connectivity index (χ0v) is 25.2. The van der Waals surface area contributed by atoms with Crippen molar-refractivity contribution in [3.8, 4) is 0 Å². The van der Waals surface area contributed by atoms with E-state index >= 15 is 4.39 Å². The van der Waals surface area contributed by atoms with Crippen LogP contribution in [-0.4, -0.2) is 119 Å². The number of carbonyl (C=O) groups excluding carboxylic acids is 2. The summed E-state index contributed by atoms with van der Waals surface area (Å²) in [5, 5.41) is 14.5. The smallest absolute Gasteiger partial charge is 0.320 e. The SMILES string of the molecule is C=CC(=O)N1CCN(C2NC(=O)N3C4NC(C(F)CC42)C2NC(CCCSC4CCNC(C(C)C)C43)NO2)[C@@H](C)C1. The fraction of sp³-hybridized carbons (Fsp3) is 0.857. The van der Waals surface area contributed by atoms with Crippen LogP contribution in [0.25, 0.3) is 0 Å². The van der Waals surface area contributed by atoms with Crippen molar-refractivity contribution < 1.29 is 18.8 Å². The van der Waals surface area contributed by atoms with Crippen LogP contribution in [0.3, 0.4) is 0 Å². The molecule has 6 fully saturated rings. The number of piperidine rings is 2. The molecule has 0 aromatic rings. The maximum absolute atomic E-state index is 16.2. The lowest BCUT2D eigenvalue weighted by atomic mass is 9.81. The molecular formula is C28H47FN8O3S. The minimum absolute atomic E-state index is 0.00268. The van der Waals surface area contributed by atoms with Crippen LogP contribution >= 0.6 is 11.8 Å². The van der Waals surface area contributed by atoms with Crippen molar-refractivity contribution in [1.82, 2.24) is 41.4 Å². The summed E-state index contributed by atoms with van der Waals surface area (Å²) in [5.74, 6) is 1.06. The van der Waals surface area contributed by atoms with Gasteiger partial charge in [0.15, 0.2) is 0 Å². The second-order valence-electron chi connectivity index (χ2n) is 12.9. The zero-order valence-electron chi connectivity index (χ0n) is 24.4. The number of hydrogen-bond acceptors (Lipinski definition) is 9. The third-order valence-corrected chi connectivity index (χ3v) is 11.5. The Labute approximate surface area is 247 Å². The van der Waals surface area contributed by atoms with Gasteiger partial charge in [0.2, 0.25) is 5.91 Å². The van der Waals surface area contributed by atoms with Gasteiger partial charge in [0.05, 0.1) is 30.6 Å². The lowest BCUT2D eigenvalue weighted by Gasteiger charge is -2.59. The monoisotopic (exact) mass is 594 g/mol. The van der Waals surface area contributed by atoms with Gasteiger partial charge in [-0.1, -0.05) is 20.4 Å². The number of alkyl halides is 1. The largest absolute Gasteiger partial charge is 0.336 e. The van der Waals surface area contributed by atoms with E-state index in [1.807, 2.05) is 16.7 Å².